The van der Waals surface area contributed by atoms with E-state index in [9.17, 15) is 4.79 Å². The van der Waals surface area contributed by atoms with E-state index in [2.05, 4.69) is 26.1 Å². The molecule has 2 nitrogen and oxygen atoms in total. The van der Waals surface area contributed by atoms with Crippen LogP contribution >= 0.6 is 0 Å². The topological polar surface area (TPSA) is 29.1 Å². The molecule has 0 bridgehead atoms. The first-order chi connectivity index (χ1) is 7.38. The van der Waals surface area contributed by atoms with Crippen molar-refractivity contribution in [3.05, 3.63) is 35.9 Å². The highest BCUT2D eigenvalue weighted by molar-refractivity contribution is 5.77. The van der Waals surface area contributed by atoms with Gasteiger partial charge in [-0.1, -0.05) is 51.1 Å². The first-order valence-corrected chi connectivity index (χ1v) is 5.73. The van der Waals surface area contributed by atoms with Crippen molar-refractivity contribution in [1.82, 2.24) is 5.32 Å². The van der Waals surface area contributed by atoms with Crippen molar-refractivity contribution in [3.8, 4) is 0 Å². The average molecular weight is 219 g/mol. The molecular formula is C14H21NO. The van der Waals surface area contributed by atoms with Crippen molar-refractivity contribution in [2.45, 2.75) is 40.2 Å². The van der Waals surface area contributed by atoms with Gasteiger partial charge in [-0.25, -0.2) is 0 Å². The third-order valence-electron chi connectivity index (χ3n) is 2.37. The molecule has 0 saturated heterocycles. The number of carbonyl (C=O) groups excluding carboxylic acids is 1. The van der Waals surface area contributed by atoms with E-state index in [0.29, 0.717) is 6.42 Å². The van der Waals surface area contributed by atoms with Gasteiger partial charge in [-0.15, -0.1) is 0 Å². The van der Waals surface area contributed by atoms with Gasteiger partial charge in [0.25, 0.3) is 0 Å². The second-order valence-electron chi connectivity index (χ2n) is 5.44. The van der Waals surface area contributed by atoms with Crippen LogP contribution in [-0.4, -0.2) is 5.91 Å². The molecule has 16 heavy (non-hydrogen) atoms. The fourth-order valence-corrected chi connectivity index (χ4v) is 1.60. The third-order valence-corrected chi connectivity index (χ3v) is 2.37. The maximum Gasteiger partial charge on any atom is 0.220 e. The van der Waals surface area contributed by atoms with Gasteiger partial charge in [0, 0.05) is 6.42 Å². The first-order valence-electron chi connectivity index (χ1n) is 5.73. The second-order valence-corrected chi connectivity index (χ2v) is 5.44. The Balaban J connectivity index is 2.52. The number of benzene rings is 1. The Kier molecular flexibility index (Phi) is 4.11. The molecule has 0 aliphatic rings. The van der Waals surface area contributed by atoms with Gasteiger partial charge in [-0.05, 0) is 17.9 Å². The van der Waals surface area contributed by atoms with E-state index >= 15 is 0 Å². The molecule has 0 fully saturated rings. The number of carbonyl (C=O) groups is 1. The zero-order chi connectivity index (χ0) is 12.2. The molecular weight excluding hydrogens is 198 g/mol. The summed E-state index contributed by atoms with van der Waals surface area (Å²) in [6.07, 6.45) is 0.560. The van der Waals surface area contributed by atoms with Gasteiger partial charge in [0.2, 0.25) is 5.91 Å². The van der Waals surface area contributed by atoms with Crippen LogP contribution in [0.25, 0.3) is 0 Å². The van der Waals surface area contributed by atoms with E-state index in [1.165, 1.54) is 0 Å². The minimum absolute atomic E-state index is 0.0422. The predicted molar refractivity (Wildman–Crippen MR) is 67.1 cm³/mol. The van der Waals surface area contributed by atoms with Crippen LogP contribution in [0.5, 0.6) is 0 Å². The van der Waals surface area contributed by atoms with Crippen LogP contribution in [0.1, 0.15) is 45.7 Å². The SMILES string of the molecule is C[C@@H](NC(=O)CC(C)(C)C)c1ccccc1. The zero-order valence-electron chi connectivity index (χ0n) is 10.6. The van der Waals surface area contributed by atoms with E-state index in [1.807, 2.05) is 37.3 Å². The van der Waals surface area contributed by atoms with Crippen LogP contribution in [-0.2, 0) is 4.79 Å². The molecule has 0 aromatic heterocycles. The average Bonchev–Trinajstić information content (AvgIpc) is 2.16. The third kappa shape index (κ3) is 4.47. The molecule has 88 valence electrons. The zero-order valence-corrected chi connectivity index (χ0v) is 10.6. The normalized spacial score (nSPS) is 13.2. The lowest BCUT2D eigenvalue weighted by atomic mass is 9.92. The van der Waals surface area contributed by atoms with E-state index in [1.54, 1.807) is 0 Å². The largest absolute Gasteiger partial charge is 0.350 e. The van der Waals surface area contributed by atoms with Crippen molar-refractivity contribution < 1.29 is 4.79 Å². The van der Waals surface area contributed by atoms with Gasteiger partial charge in [0.05, 0.1) is 6.04 Å². The van der Waals surface area contributed by atoms with E-state index in [-0.39, 0.29) is 17.4 Å². The predicted octanol–water partition coefficient (Wildman–Crippen LogP) is 3.30. The molecule has 1 aromatic rings. The Labute approximate surface area is 98.1 Å². The minimum atomic E-state index is 0.0422. The lowest BCUT2D eigenvalue weighted by Gasteiger charge is -2.20. The number of rotatable bonds is 3. The Morgan fingerprint density at radius 2 is 1.81 bits per heavy atom. The number of amides is 1. The Morgan fingerprint density at radius 1 is 1.25 bits per heavy atom. The Bertz CT molecular complexity index is 338. The summed E-state index contributed by atoms with van der Waals surface area (Å²) in [4.78, 5) is 11.7. The molecule has 0 radical (unpaired) electrons. The number of hydrogen-bond acceptors (Lipinski definition) is 1. The molecule has 1 atom stereocenters. The fourth-order valence-electron chi connectivity index (χ4n) is 1.60. The molecule has 0 saturated carbocycles. The summed E-state index contributed by atoms with van der Waals surface area (Å²) in [5.41, 5.74) is 1.19. The van der Waals surface area contributed by atoms with Gasteiger partial charge >= 0.3 is 0 Å². The molecule has 0 spiro atoms. The van der Waals surface area contributed by atoms with Crippen LogP contribution in [0.15, 0.2) is 30.3 Å². The molecule has 1 amide bonds. The summed E-state index contributed by atoms with van der Waals surface area (Å²) < 4.78 is 0. The van der Waals surface area contributed by atoms with Crippen LogP contribution in [0.4, 0.5) is 0 Å². The van der Waals surface area contributed by atoms with Gasteiger partial charge in [0.15, 0.2) is 0 Å². The summed E-state index contributed by atoms with van der Waals surface area (Å²) in [5, 5.41) is 3.01. The standard InChI is InChI=1S/C14H21NO/c1-11(12-8-6-5-7-9-12)15-13(16)10-14(2,3)4/h5-9,11H,10H2,1-4H3,(H,15,16)/t11-/m1/s1. The monoisotopic (exact) mass is 219 g/mol. The summed E-state index contributed by atoms with van der Waals surface area (Å²) in [7, 11) is 0. The molecule has 0 aliphatic heterocycles. The summed E-state index contributed by atoms with van der Waals surface area (Å²) in [6.45, 7) is 8.22. The van der Waals surface area contributed by atoms with E-state index < -0.39 is 0 Å². The Hall–Kier alpha value is -1.31. The molecule has 0 unspecified atom stereocenters. The van der Waals surface area contributed by atoms with Gasteiger partial charge in [-0.2, -0.15) is 0 Å². The first kappa shape index (κ1) is 12.8. The maximum absolute atomic E-state index is 11.7. The van der Waals surface area contributed by atoms with Gasteiger partial charge in [0.1, 0.15) is 0 Å². The molecule has 1 aromatic carbocycles. The van der Waals surface area contributed by atoms with E-state index in [0.717, 1.165) is 5.56 Å². The lowest BCUT2D eigenvalue weighted by Crippen LogP contribution is -2.29. The van der Waals surface area contributed by atoms with Crippen molar-refractivity contribution in [2.75, 3.05) is 0 Å². The van der Waals surface area contributed by atoms with Crippen molar-refractivity contribution in [3.63, 3.8) is 0 Å². The van der Waals surface area contributed by atoms with Crippen LogP contribution < -0.4 is 5.32 Å². The highest BCUT2D eigenvalue weighted by Gasteiger charge is 2.17. The molecule has 0 heterocycles. The van der Waals surface area contributed by atoms with Gasteiger partial charge in [-0.3, -0.25) is 4.79 Å². The van der Waals surface area contributed by atoms with Crippen LogP contribution in [0.2, 0.25) is 0 Å². The second kappa shape index (κ2) is 5.15. The van der Waals surface area contributed by atoms with Crippen molar-refractivity contribution >= 4 is 5.91 Å². The van der Waals surface area contributed by atoms with E-state index in [4.69, 9.17) is 0 Å². The lowest BCUT2D eigenvalue weighted by molar-refractivity contribution is -0.123. The van der Waals surface area contributed by atoms with Crippen molar-refractivity contribution in [2.24, 2.45) is 5.41 Å². The molecule has 2 heteroatoms. The highest BCUT2D eigenvalue weighted by Crippen LogP contribution is 2.19. The minimum Gasteiger partial charge on any atom is -0.350 e. The smallest absolute Gasteiger partial charge is 0.220 e. The summed E-state index contributed by atoms with van der Waals surface area (Å²) >= 11 is 0. The Morgan fingerprint density at radius 3 is 2.31 bits per heavy atom. The van der Waals surface area contributed by atoms with Crippen molar-refractivity contribution in [1.29, 1.82) is 0 Å². The van der Waals surface area contributed by atoms with Gasteiger partial charge < -0.3 is 5.32 Å². The quantitative estimate of drug-likeness (QED) is 0.830. The molecule has 1 rings (SSSR count). The highest BCUT2D eigenvalue weighted by atomic mass is 16.1. The molecule has 0 aliphatic carbocycles. The summed E-state index contributed by atoms with van der Waals surface area (Å²) in [5.74, 6) is 0.115. The fraction of sp³-hybridized carbons (Fsp3) is 0.500. The van der Waals surface area contributed by atoms with Crippen LogP contribution in [0, 0.1) is 5.41 Å². The number of hydrogen-bond donors (Lipinski definition) is 1. The molecule has 1 N–H and O–H groups in total. The maximum atomic E-state index is 11.7. The summed E-state index contributed by atoms with van der Waals surface area (Å²) in [6, 6.07) is 10.1. The number of nitrogens with one attached hydrogen (secondary N) is 1. The van der Waals surface area contributed by atoms with Crippen LogP contribution in [0.3, 0.4) is 0 Å².